The Kier molecular flexibility index (Phi) is 8.42. The molecule has 0 unspecified atom stereocenters. The Morgan fingerprint density at radius 1 is 0.258 bits per heavy atom. The molecule has 62 heavy (non-hydrogen) atoms. The number of para-hydroxylation sites is 3. The summed E-state index contributed by atoms with van der Waals surface area (Å²) in [5.41, 5.74) is 14.1. The van der Waals surface area contributed by atoms with Gasteiger partial charge in [-0.3, -0.25) is 4.57 Å². The number of hydrogen-bond acceptors (Lipinski definition) is 3. The first kappa shape index (κ1) is 35.5. The van der Waals surface area contributed by atoms with Crippen LogP contribution in [0.2, 0.25) is 0 Å². The third kappa shape index (κ3) is 5.98. The number of fused-ring (bicyclic) bond motifs is 7. The lowest BCUT2D eigenvalue weighted by Crippen LogP contribution is -2.07. The molecule has 0 aliphatic rings. The van der Waals surface area contributed by atoms with Crippen LogP contribution < -0.4 is 0 Å². The van der Waals surface area contributed by atoms with Crippen LogP contribution in [0.25, 0.3) is 111 Å². The van der Waals surface area contributed by atoms with Crippen LogP contribution in [0.1, 0.15) is 0 Å². The van der Waals surface area contributed by atoms with Gasteiger partial charge in [-0.1, -0.05) is 188 Å². The van der Waals surface area contributed by atoms with E-state index in [-0.39, 0.29) is 0 Å². The standard InChI is InChI=1S/C57H37N5/c1-4-16-38(17-5-1)40-30-32-41(33-31-40)55-58-56(45-23-15-22-44(37-45)43-21-14-20-42(36-43)39-18-6-2-7-19-39)60-57(59-55)62-52-29-13-11-27-48(52)50-35-34-49-47-26-10-12-28-51(47)61(53(49)54(50)62)46-24-8-3-9-25-46/h1-37H. The maximum absolute atomic E-state index is 5.43. The summed E-state index contributed by atoms with van der Waals surface area (Å²) in [7, 11) is 0. The number of nitrogens with zero attached hydrogens (tertiary/aromatic N) is 5. The van der Waals surface area contributed by atoms with Gasteiger partial charge in [0.05, 0.1) is 22.1 Å². The first-order chi connectivity index (χ1) is 30.7. The van der Waals surface area contributed by atoms with Crippen molar-refractivity contribution in [3.63, 3.8) is 0 Å². The molecule has 5 nitrogen and oxygen atoms in total. The van der Waals surface area contributed by atoms with Gasteiger partial charge in [0.2, 0.25) is 5.95 Å². The predicted molar refractivity (Wildman–Crippen MR) is 256 cm³/mol. The molecule has 0 aliphatic heterocycles. The van der Waals surface area contributed by atoms with Crippen molar-refractivity contribution in [3.05, 3.63) is 224 Å². The molecule has 0 saturated heterocycles. The van der Waals surface area contributed by atoms with Crippen molar-refractivity contribution in [1.29, 1.82) is 0 Å². The predicted octanol–water partition coefficient (Wildman–Crippen LogP) is 14.4. The van der Waals surface area contributed by atoms with Crippen molar-refractivity contribution < 1.29 is 0 Å². The SMILES string of the molecule is c1ccc(-c2ccc(-c3nc(-c4cccc(-c5cccc(-c6ccccc6)c5)c4)nc(-n4c5ccccc5c5ccc6c7ccccc7n(-c7ccccc7)c6c54)n3)cc2)cc1. The molecule has 0 fully saturated rings. The van der Waals surface area contributed by atoms with E-state index in [4.69, 9.17) is 15.0 Å². The molecule has 12 aromatic rings. The molecule has 0 bridgehead atoms. The minimum absolute atomic E-state index is 0.553. The minimum Gasteiger partial charge on any atom is -0.307 e. The molecular weight excluding hydrogens is 755 g/mol. The van der Waals surface area contributed by atoms with Gasteiger partial charge in [-0.25, -0.2) is 4.98 Å². The molecule has 290 valence electrons. The summed E-state index contributed by atoms with van der Waals surface area (Å²) in [6.45, 7) is 0. The number of benzene rings is 9. The van der Waals surface area contributed by atoms with Crippen LogP contribution >= 0.6 is 0 Å². The molecule has 9 aromatic carbocycles. The average Bonchev–Trinajstić information content (AvgIpc) is 3.88. The van der Waals surface area contributed by atoms with Crippen LogP contribution in [0.15, 0.2) is 224 Å². The molecule has 0 atom stereocenters. The van der Waals surface area contributed by atoms with Crippen LogP contribution in [0.3, 0.4) is 0 Å². The van der Waals surface area contributed by atoms with E-state index in [1.807, 2.05) is 6.07 Å². The van der Waals surface area contributed by atoms with E-state index in [9.17, 15) is 0 Å². The first-order valence-corrected chi connectivity index (χ1v) is 20.9. The fourth-order valence-corrected chi connectivity index (χ4v) is 9.07. The summed E-state index contributed by atoms with van der Waals surface area (Å²) in [5, 5.41) is 4.61. The lowest BCUT2D eigenvalue weighted by Gasteiger charge is -2.14. The number of hydrogen-bond donors (Lipinski definition) is 0. The lowest BCUT2D eigenvalue weighted by atomic mass is 9.98. The van der Waals surface area contributed by atoms with Gasteiger partial charge < -0.3 is 4.57 Å². The monoisotopic (exact) mass is 791 g/mol. The van der Waals surface area contributed by atoms with E-state index in [2.05, 4.69) is 228 Å². The second-order valence-corrected chi connectivity index (χ2v) is 15.7. The Morgan fingerprint density at radius 2 is 0.661 bits per heavy atom. The fourth-order valence-electron chi connectivity index (χ4n) is 9.07. The second kappa shape index (κ2) is 14.7. The van der Waals surface area contributed by atoms with Gasteiger partial charge in [-0.15, -0.1) is 0 Å². The van der Waals surface area contributed by atoms with Crippen molar-refractivity contribution in [2.45, 2.75) is 0 Å². The summed E-state index contributed by atoms with van der Waals surface area (Å²) >= 11 is 0. The molecule has 0 N–H and O–H groups in total. The Bertz CT molecular complexity index is 3610. The molecule has 0 aliphatic carbocycles. The molecule has 3 aromatic heterocycles. The van der Waals surface area contributed by atoms with Crippen LogP contribution in [0.5, 0.6) is 0 Å². The van der Waals surface area contributed by atoms with Gasteiger partial charge in [0.1, 0.15) is 0 Å². The minimum atomic E-state index is 0.553. The van der Waals surface area contributed by atoms with Crippen molar-refractivity contribution in [1.82, 2.24) is 24.1 Å². The molecular formula is C57H37N5. The van der Waals surface area contributed by atoms with Crippen molar-refractivity contribution in [3.8, 4) is 67.8 Å². The van der Waals surface area contributed by atoms with E-state index >= 15 is 0 Å². The van der Waals surface area contributed by atoms with E-state index in [1.54, 1.807) is 0 Å². The summed E-state index contributed by atoms with van der Waals surface area (Å²) in [4.78, 5) is 16.1. The molecule has 0 radical (unpaired) electrons. The maximum Gasteiger partial charge on any atom is 0.238 e. The lowest BCUT2D eigenvalue weighted by molar-refractivity contribution is 0.953. The highest BCUT2D eigenvalue weighted by molar-refractivity contribution is 6.23. The van der Waals surface area contributed by atoms with Crippen molar-refractivity contribution in [2.24, 2.45) is 0 Å². The maximum atomic E-state index is 5.43. The van der Waals surface area contributed by atoms with E-state index < -0.39 is 0 Å². The molecule has 12 rings (SSSR count). The Labute approximate surface area is 358 Å². The Hall–Kier alpha value is -8.41. The largest absolute Gasteiger partial charge is 0.307 e. The van der Waals surface area contributed by atoms with Gasteiger partial charge >= 0.3 is 0 Å². The van der Waals surface area contributed by atoms with Gasteiger partial charge in [-0.05, 0) is 69.8 Å². The summed E-state index contributed by atoms with van der Waals surface area (Å²) in [6.07, 6.45) is 0. The van der Waals surface area contributed by atoms with Crippen LogP contribution in [0, 0.1) is 0 Å². The zero-order valence-electron chi connectivity index (χ0n) is 33.6. The quantitative estimate of drug-likeness (QED) is 0.162. The normalized spacial score (nSPS) is 11.5. The van der Waals surface area contributed by atoms with Crippen LogP contribution in [-0.2, 0) is 0 Å². The van der Waals surface area contributed by atoms with E-state index in [1.165, 1.54) is 16.5 Å². The second-order valence-electron chi connectivity index (χ2n) is 15.7. The first-order valence-electron chi connectivity index (χ1n) is 20.9. The Balaban J connectivity index is 1.12. The summed E-state index contributed by atoms with van der Waals surface area (Å²) < 4.78 is 4.65. The third-order valence-electron chi connectivity index (χ3n) is 12.0. The molecule has 0 amide bonds. The van der Waals surface area contributed by atoms with Gasteiger partial charge in [0.15, 0.2) is 11.6 Å². The number of rotatable bonds is 7. The highest BCUT2D eigenvalue weighted by Crippen LogP contribution is 2.42. The van der Waals surface area contributed by atoms with Crippen molar-refractivity contribution >= 4 is 43.6 Å². The van der Waals surface area contributed by atoms with Crippen LogP contribution in [-0.4, -0.2) is 24.1 Å². The van der Waals surface area contributed by atoms with E-state index in [0.717, 1.165) is 77.3 Å². The zero-order valence-corrected chi connectivity index (χ0v) is 33.6. The fraction of sp³-hybridized carbons (Fsp3) is 0. The van der Waals surface area contributed by atoms with E-state index in [0.29, 0.717) is 17.6 Å². The summed E-state index contributed by atoms with van der Waals surface area (Å²) in [6, 6.07) is 79.2. The van der Waals surface area contributed by atoms with Gasteiger partial charge in [0.25, 0.3) is 0 Å². The molecule has 0 spiro atoms. The summed E-state index contributed by atoms with van der Waals surface area (Å²) in [5.74, 6) is 1.75. The topological polar surface area (TPSA) is 48.5 Å². The smallest absolute Gasteiger partial charge is 0.238 e. The third-order valence-corrected chi connectivity index (χ3v) is 12.0. The molecule has 5 heteroatoms. The van der Waals surface area contributed by atoms with Gasteiger partial charge in [-0.2, -0.15) is 9.97 Å². The van der Waals surface area contributed by atoms with Crippen LogP contribution in [0.4, 0.5) is 0 Å². The zero-order chi connectivity index (χ0) is 41.0. The Morgan fingerprint density at radius 3 is 1.27 bits per heavy atom. The average molecular weight is 792 g/mol. The van der Waals surface area contributed by atoms with Gasteiger partial charge in [0, 0.05) is 38.4 Å². The highest BCUT2D eigenvalue weighted by atomic mass is 15.2. The highest BCUT2D eigenvalue weighted by Gasteiger charge is 2.23. The molecule has 0 saturated carbocycles. The molecule has 3 heterocycles. The van der Waals surface area contributed by atoms with Crippen molar-refractivity contribution in [2.75, 3.05) is 0 Å². The number of aromatic nitrogens is 5.